The third-order valence-corrected chi connectivity index (χ3v) is 1.16. The van der Waals surface area contributed by atoms with Gasteiger partial charge in [0.05, 0.1) is 0 Å². The minimum Gasteiger partial charge on any atom is -0.368 e. The Morgan fingerprint density at radius 1 is 1.64 bits per heavy atom. The third-order valence-electron chi connectivity index (χ3n) is 1.16. The Hall–Kier alpha value is -1.59. The van der Waals surface area contributed by atoms with Gasteiger partial charge in [-0.25, -0.2) is 4.79 Å². The van der Waals surface area contributed by atoms with Crippen LogP contribution in [0.25, 0.3) is 0 Å². The Balaban J connectivity index is 2.53. The van der Waals surface area contributed by atoms with Crippen LogP contribution < -0.4 is 11.1 Å². The number of nitrogens with zero attached hydrogens (tertiary/aromatic N) is 2. The molecular formula is C5H6N3O3. The fourth-order valence-corrected chi connectivity index (χ4v) is 0.755. The monoisotopic (exact) mass is 156 g/mol. The Kier molecular flexibility index (Phi) is 1.75. The van der Waals surface area contributed by atoms with Crippen molar-refractivity contribution in [3.05, 3.63) is 0 Å². The number of hydrogen-bond donors (Lipinski definition) is 1. The van der Waals surface area contributed by atoms with Crippen LogP contribution in [-0.2, 0) is 9.59 Å². The standard InChI is InChI=1S/C5H6N3O3/c6-3(9)1-8-2-4(10)7-5(8)11/h1-2H2,(H2,6,9). The lowest BCUT2D eigenvalue weighted by molar-refractivity contribution is -0.119. The molecule has 0 aromatic heterocycles. The molecule has 0 saturated carbocycles. The SMILES string of the molecule is NC(=O)CN1CC(=O)[N]C1=O. The summed E-state index contributed by atoms with van der Waals surface area (Å²) in [5, 5.41) is 3.06. The fourth-order valence-electron chi connectivity index (χ4n) is 0.755. The minimum atomic E-state index is -0.686. The average Bonchev–Trinajstić information content (AvgIpc) is 2.09. The van der Waals surface area contributed by atoms with Crippen LogP contribution in [0.15, 0.2) is 0 Å². The van der Waals surface area contributed by atoms with Gasteiger partial charge >= 0.3 is 6.03 Å². The predicted molar refractivity (Wildman–Crippen MR) is 33.3 cm³/mol. The zero-order chi connectivity index (χ0) is 8.43. The van der Waals surface area contributed by atoms with E-state index in [1.807, 2.05) is 0 Å². The van der Waals surface area contributed by atoms with Gasteiger partial charge in [0.2, 0.25) is 5.91 Å². The molecule has 0 aliphatic carbocycles. The highest BCUT2D eigenvalue weighted by molar-refractivity contribution is 6.02. The lowest BCUT2D eigenvalue weighted by atomic mass is 10.5. The van der Waals surface area contributed by atoms with E-state index in [0.29, 0.717) is 0 Å². The van der Waals surface area contributed by atoms with Crippen LogP contribution >= 0.6 is 0 Å². The Morgan fingerprint density at radius 2 is 2.27 bits per heavy atom. The lowest BCUT2D eigenvalue weighted by Crippen LogP contribution is -2.35. The molecular weight excluding hydrogens is 150 g/mol. The van der Waals surface area contributed by atoms with Crippen molar-refractivity contribution in [1.29, 1.82) is 0 Å². The Labute approximate surface area is 62.3 Å². The fraction of sp³-hybridized carbons (Fsp3) is 0.400. The van der Waals surface area contributed by atoms with Crippen molar-refractivity contribution >= 4 is 17.8 Å². The molecule has 0 unspecified atom stereocenters. The van der Waals surface area contributed by atoms with E-state index in [0.717, 1.165) is 4.90 Å². The smallest absolute Gasteiger partial charge is 0.347 e. The molecule has 1 rings (SSSR count). The van der Waals surface area contributed by atoms with Gasteiger partial charge < -0.3 is 10.6 Å². The summed E-state index contributed by atoms with van der Waals surface area (Å²) in [4.78, 5) is 32.4. The van der Waals surface area contributed by atoms with Crippen LogP contribution in [0, 0.1) is 0 Å². The van der Waals surface area contributed by atoms with Gasteiger partial charge in [0.25, 0.3) is 5.91 Å². The number of urea groups is 1. The summed E-state index contributed by atoms with van der Waals surface area (Å²) in [5.41, 5.74) is 4.79. The Bertz CT molecular complexity index is 225. The van der Waals surface area contributed by atoms with Crippen molar-refractivity contribution < 1.29 is 14.4 Å². The first-order chi connectivity index (χ1) is 5.09. The molecule has 6 nitrogen and oxygen atoms in total. The summed E-state index contributed by atoms with van der Waals surface area (Å²) in [6, 6.07) is -0.686. The van der Waals surface area contributed by atoms with E-state index in [2.05, 4.69) is 5.32 Å². The van der Waals surface area contributed by atoms with Gasteiger partial charge in [-0.05, 0) is 0 Å². The first-order valence-electron chi connectivity index (χ1n) is 2.91. The van der Waals surface area contributed by atoms with Crippen LogP contribution in [0.1, 0.15) is 0 Å². The summed E-state index contributed by atoms with van der Waals surface area (Å²) in [5.74, 6) is -1.18. The van der Waals surface area contributed by atoms with Gasteiger partial charge in [0, 0.05) is 0 Å². The van der Waals surface area contributed by atoms with E-state index in [4.69, 9.17) is 5.73 Å². The number of amides is 4. The zero-order valence-electron chi connectivity index (χ0n) is 5.61. The van der Waals surface area contributed by atoms with Crippen molar-refractivity contribution in [3.63, 3.8) is 0 Å². The molecule has 0 bridgehead atoms. The second kappa shape index (κ2) is 2.57. The lowest BCUT2D eigenvalue weighted by Gasteiger charge is -2.07. The largest absolute Gasteiger partial charge is 0.368 e. The number of carbonyl (C=O) groups excluding carboxylic acids is 3. The maximum atomic E-state index is 10.7. The first kappa shape index (κ1) is 7.52. The number of rotatable bonds is 2. The van der Waals surface area contributed by atoms with Gasteiger partial charge in [-0.2, -0.15) is 5.32 Å². The second-order valence-electron chi connectivity index (χ2n) is 2.11. The van der Waals surface area contributed by atoms with Crippen molar-refractivity contribution in [1.82, 2.24) is 10.2 Å². The van der Waals surface area contributed by atoms with Crippen LogP contribution in [0.2, 0.25) is 0 Å². The van der Waals surface area contributed by atoms with E-state index >= 15 is 0 Å². The van der Waals surface area contributed by atoms with Crippen LogP contribution in [0.4, 0.5) is 4.79 Å². The van der Waals surface area contributed by atoms with Crippen LogP contribution in [0.3, 0.4) is 0 Å². The van der Waals surface area contributed by atoms with Crippen molar-refractivity contribution in [2.24, 2.45) is 5.73 Å². The maximum Gasteiger partial charge on any atom is 0.347 e. The molecule has 0 atom stereocenters. The molecule has 2 N–H and O–H groups in total. The maximum absolute atomic E-state index is 10.7. The van der Waals surface area contributed by atoms with Crippen molar-refractivity contribution in [2.75, 3.05) is 13.1 Å². The normalized spacial score (nSPS) is 16.9. The molecule has 0 aromatic rings. The summed E-state index contributed by atoms with van der Waals surface area (Å²) < 4.78 is 0. The van der Waals surface area contributed by atoms with E-state index in [9.17, 15) is 14.4 Å². The summed E-state index contributed by atoms with van der Waals surface area (Å²) in [7, 11) is 0. The molecule has 6 heteroatoms. The molecule has 1 radical (unpaired) electrons. The average molecular weight is 156 g/mol. The quantitative estimate of drug-likeness (QED) is 0.470. The van der Waals surface area contributed by atoms with E-state index < -0.39 is 17.8 Å². The van der Waals surface area contributed by atoms with Crippen LogP contribution in [0.5, 0.6) is 0 Å². The summed E-state index contributed by atoms with van der Waals surface area (Å²) in [6.07, 6.45) is 0. The third kappa shape index (κ3) is 1.66. The van der Waals surface area contributed by atoms with Crippen molar-refractivity contribution in [3.8, 4) is 0 Å². The molecule has 1 saturated heterocycles. The van der Waals surface area contributed by atoms with E-state index in [1.165, 1.54) is 0 Å². The Morgan fingerprint density at radius 3 is 2.64 bits per heavy atom. The highest BCUT2D eigenvalue weighted by Gasteiger charge is 2.29. The molecule has 59 valence electrons. The summed E-state index contributed by atoms with van der Waals surface area (Å²) >= 11 is 0. The van der Waals surface area contributed by atoms with Gasteiger partial charge in [0.15, 0.2) is 0 Å². The van der Waals surface area contributed by atoms with Crippen molar-refractivity contribution in [2.45, 2.75) is 0 Å². The van der Waals surface area contributed by atoms with E-state index in [1.54, 1.807) is 0 Å². The molecule has 11 heavy (non-hydrogen) atoms. The molecule has 1 heterocycles. The summed E-state index contributed by atoms with van der Waals surface area (Å²) in [6.45, 7) is -0.379. The number of nitrogens with two attached hydrogens (primary N) is 1. The topological polar surface area (TPSA) is 94.6 Å². The molecule has 0 spiro atoms. The second-order valence-corrected chi connectivity index (χ2v) is 2.11. The van der Waals surface area contributed by atoms with Gasteiger partial charge in [-0.15, -0.1) is 0 Å². The van der Waals surface area contributed by atoms with Gasteiger partial charge in [-0.3, -0.25) is 9.59 Å². The van der Waals surface area contributed by atoms with Gasteiger partial charge in [-0.1, -0.05) is 0 Å². The molecule has 1 fully saturated rings. The highest BCUT2D eigenvalue weighted by atomic mass is 16.2. The molecule has 1 aliphatic heterocycles. The molecule has 1 aliphatic rings. The minimum absolute atomic E-state index is 0.137. The molecule has 4 amide bonds. The van der Waals surface area contributed by atoms with Crippen LogP contribution in [-0.4, -0.2) is 35.8 Å². The first-order valence-corrected chi connectivity index (χ1v) is 2.91. The number of carbonyl (C=O) groups is 3. The highest BCUT2D eigenvalue weighted by Crippen LogP contribution is 1.97. The zero-order valence-corrected chi connectivity index (χ0v) is 5.61. The number of imide groups is 1. The van der Waals surface area contributed by atoms with E-state index in [-0.39, 0.29) is 13.1 Å². The molecule has 0 aromatic carbocycles. The number of hydrogen-bond acceptors (Lipinski definition) is 3. The number of primary amides is 1. The predicted octanol–water partition coefficient (Wildman–Crippen LogP) is -1.96. The van der Waals surface area contributed by atoms with Gasteiger partial charge in [0.1, 0.15) is 13.1 Å².